The molecule has 38 heavy (non-hydrogen) atoms. The van der Waals surface area contributed by atoms with E-state index in [0.29, 0.717) is 37.8 Å². The zero-order chi connectivity index (χ0) is 27.6. The van der Waals surface area contributed by atoms with Gasteiger partial charge >= 0.3 is 5.97 Å². The van der Waals surface area contributed by atoms with Gasteiger partial charge in [-0.3, -0.25) is 9.36 Å². The first-order valence-electron chi connectivity index (χ1n) is 11.9. The summed E-state index contributed by atoms with van der Waals surface area (Å²) in [6, 6.07) is 8.36. The van der Waals surface area contributed by atoms with Crippen LogP contribution >= 0.6 is 11.3 Å². The minimum absolute atomic E-state index is 0.178. The van der Waals surface area contributed by atoms with Crippen molar-refractivity contribution in [3.63, 3.8) is 0 Å². The van der Waals surface area contributed by atoms with Crippen LogP contribution < -0.4 is 33.8 Å². The van der Waals surface area contributed by atoms with Crippen molar-refractivity contribution in [2.45, 2.75) is 26.8 Å². The van der Waals surface area contributed by atoms with Crippen molar-refractivity contribution in [2.75, 3.05) is 35.0 Å². The summed E-state index contributed by atoms with van der Waals surface area (Å²) in [6.07, 6.45) is 1.79. The summed E-state index contributed by atoms with van der Waals surface area (Å²) in [6.45, 7) is 5.59. The number of hydrogen-bond donors (Lipinski definition) is 0. The number of allylic oxidation sites excluding steroid dienone is 1. The van der Waals surface area contributed by atoms with Crippen molar-refractivity contribution < 1.29 is 28.5 Å². The molecule has 0 amide bonds. The van der Waals surface area contributed by atoms with Gasteiger partial charge in [0.1, 0.15) is 5.75 Å². The molecular formula is C28H30N2O7S. The lowest BCUT2D eigenvalue weighted by Gasteiger charge is -2.26. The predicted molar refractivity (Wildman–Crippen MR) is 144 cm³/mol. The molecule has 1 aliphatic heterocycles. The number of thiazole rings is 1. The highest BCUT2D eigenvalue weighted by Gasteiger charge is 2.34. The Labute approximate surface area is 224 Å². The summed E-state index contributed by atoms with van der Waals surface area (Å²) in [7, 11) is 6.14. The number of fused-ring (bicyclic) bond motifs is 1. The number of carbonyl (C=O) groups is 1. The van der Waals surface area contributed by atoms with Crippen molar-refractivity contribution >= 4 is 23.4 Å². The Morgan fingerprint density at radius 1 is 1.00 bits per heavy atom. The molecule has 2 aromatic carbocycles. The molecule has 1 aromatic heterocycles. The second kappa shape index (κ2) is 11.1. The maximum Gasteiger partial charge on any atom is 0.338 e. The highest BCUT2D eigenvalue weighted by atomic mass is 32.1. The van der Waals surface area contributed by atoms with Crippen molar-refractivity contribution in [1.29, 1.82) is 0 Å². The molecule has 2 heterocycles. The van der Waals surface area contributed by atoms with Gasteiger partial charge in [-0.25, -0.2) is 9.79 Å². The molecule has 9 nitrogen and oxygen atoms in total. The van der Waals surface area contributed by atoms with E-state index < -0.39 is 12.0 Å². The smallest absolute Gasteiger partial charge is 0.338 e. The lowest BCUT2D eigenvalue weighted by atomic mass is 9.95. The van der Waals surface area contributed by atoms with Crippen LogP contribution in [0.15, 0.2) is 51.4 Å². The molecule has 0 unspecified atom stereocenters. The van der Waals surface area contributed by atoms with E-state index in [9.17, 15) is 9.59 Å². The van der Waals surface area contributed by atoms with Gasteiger partial charge in [-0.05, 0) is 61.7 Å². The van der Waals surface area contributed by atoms with Crippen LogP contribution in [0.4, 0.5) is 0 Å². The van der Waals surface area contributed by atoms with Gasteiger partial charge in [0.15, 0.2) is 16.3 Å². The summed E-state index contributed by atoms with van der Waals surface area (Å²) in [4.78, 5) is 32.1. The molecule has 4 rings (SSSR count). The van der Waals surface area contributed by atoms with Crippen molar-refractivity contribution in [3.8, 4) is 23.0 Å². The molecule has 0 aliphatic carbocycles. The quantitative estimate of drug-likeness (QED) is 0.407. The maximum atomic E-state index is 13.9. The Morgan fingerprint density at radius 3 is 2.24 bits per heavy atom. The molecule has 0 radical (unpaired) electrons. The molecule has 0 bridgehead atoms. The van der Waals surface area contributed by atoms with Crippen molar-refractivity contribution in [2.24, 2.45) is 4.99 Å². The normalized spacial score (nSPS) is 15.0. The molecule has 3 aromatic rings. The standard InChI is InChI=1S/C28H30N2O7S/c1-8-37-27(32)23-16(3)29-28-30(24(23)18-13-20(34-5)25(36-7)21(14-18)35-6)26(31)22(38-28)12-17-10-9-15(2)19(11-17)33-4/h9-14,24H,8H2,1-7H3/b22-12-/t24-/m0/s1. The first-order valence-corrected chi connectivity index (χ1v) is 12.7. The molecule has 1 atom stereocenters. The first kappa shape index (κ1) is 27.0. The number of carbonyl (C=O) groups excluding carboxylic acids is 1. The van der Waals surface area contributed by atoms with Crippen molar-refractivity contribution in [1.82, 2.24) is 4.57 Å². The van der Waals surface area contributed by atoms with Crippen LogP contribution in [0, 0.1) is 6.92 Å². The largest absolute Gasteiger partial charge is 0.496 e. The van der Waals surface area contributed by atoms with Gasteiger partial charge in [-0.15, -0.1) is 0 Å². The summed E-state index contributed by atoms with van der Waals surface area (Å²) in [5.74, 6) is 1.37. The first-order chi connectivity index (χ1) is 18.3. The molecule has 0 N–H and O–H groups in total. The number of ether oxygens (including phenoxy) is 5. The van der Waals surface area contributed by atoms with Gasteiger partial charge in [-0.1, -0.05) is 23.5 Å². The predicted octanol–water partition coefficient (Wildman–Crippen LogP) is 3.14. The summed E-state index contributed by atoms with van der Waals surface area (Å²) < 4.78 is 29.4. The third-order valence-electron chi connectivity index (χ3n) is 6.25. The molecular weight excluding hydrogens is 508 g/mol. The number of benzene rings is 2. The fraction of sp³-hybridized carbons (Fsp3) is 0.321. The Kier molecular flexibility index (Phi) is 7.91. The lowest BCUT2D eigenvalue weighted by Crippen LogP contribution is -2.40. The Balaban J connectivity index is 2.00. The topological polar surface area (TPSA) is 97.6 Å². The highest BCUT2D eigenvalue weighted by Crippen LogP contribution is 2.42. The minimum Gasteiger partial charge on any atom is -0.496 e. The monoisotopic (exact) mass is 538 g/mol. The Hall–Kier alpha value is -4.05. The van der Waals surface area contributed by atoms with E-state index in [-0.39, 0.29) is 17.7 Å². The zero-order valence-corrected chi connectivity index (χ0v) is 23.2. The van der Waals surface area contributed by atoms with E-state index in [0.717, 1.165) is 16.9 Å². The van der Waals surface area contributed by atoms with E-state index in [1.807, 2.05) is 25.1 Å². The molecule has 0 saturated carbocycles. The summed E-state index contributed by atoms with van der Waals surface area (Å²) in [5.41, 5.74) is 2.82. The molecule has 10 heteroatoms. The van der Waals surface area contributed by atoms with E-state index in [2.05, 4.69) is 4.99 Å². The van der Waals surface area contributed by atoms with Gasteiger partial charge in [-0.2, -0.15) is 0 Å². The lowest BCUT2D eigenvalue weighted by molar-refractivity contribution is -0.139. The Morgan fingerprint density at radius 2 is 1.66 bits per heavy atom. The third kappa shape index (κ3) is 4.79. The number of esters is 1. The zero-order valence-electron chi connectivity index (χ0n) is 22.4. The van der Waals surface area contributed by atoms with Crippen LogP contribution in [0.5, 0.6) is 23.0 Å². The molecule has 200 valence electrons. The van der Waals surface area contributed by atoms with Crippen LogP contribution in [0.25, 0.3) is 6.08 Å². The fourth-order valence-electron chi connectivity index (χ4n) is 4.44. The number of hydrogen-bond acceptors (Lipinski definition) is 9. The number of methoxy groups -OCH3 is 4. The number of rotatable bonds is 8. The van der Waals surface area contributed by atoms with E-state index in [1.54, 1.807) is 39.2 Å². The molecule has 0 fully saturated rings. The van der Waals surface area contributed by atoms with Crippen molar-refractivity contribution in [3.05, 3.63) is 78.0 Å². The van der Waals surface area contributed by atoms with Gasteiger partial charge < -0.3 is 23.7 Å². The summed E-state index contributed by atoms with van der Waals surface area (Å²) >= 11 is 1.25. The molecule has 0 saturated heterocycles. The van der Waals surface area contributed by atoms with Crippen LogP contribution in [-0.4, -0.2) is 45.6 Å². The van der Waals surface area contributed by atoms with E-state index in [1.165, 1.54) is 37.2 Å². The molecule has 0 spiro atoms. The minimum atomic E-state index is -0.825. The van der Waals surface area contributed by atoms with E-state index >= 15 is 0 Å². The SMILES string of the molecule is CCOC(=O)C1=C(C)N=c2s/c(=C\c3ccc(C)c(OC)c3)c(=O)n2[C@H]1c1cc(OC)c(OC)c(OC)c1. The van der Waals surface area contributed by atoms with E-state index in [4.69, 9.17) is 23.7 Å². The number of nitrogens with zero attached hydrogens (tertiary/aromatic N) is 2. The van der Waals surface area contributed by atoms with Gasteiger partial charge in [0.25, 0.3) is 5.56 Å². The maximum absolute atomic E-state index is 13.9. The second-order valence-corrected chi connectivity index (χ2v) is 9.50. The average Bonchev–Trinajstić information content (AvgIpc) is 3.21. The van der Waals surface area contributed by atoms with Gasteiger partial charge in [0.2, 0.25) is 5.75 Å². The number of aromatic nitrogens is 1. The van der Waals surface area contributed by atoms with Gasteiger partial charge in [0.05, 0.1) is 56.9 Å². The van der Waals surface area contributed by atoms with Crippen LogP contribution in [0.1, 0.15) is 36.6 Å². The van der Waals surface area contributed by atoms with Crippen LogP contribution in [0.3, 0.4) is 0 Å². The average molecular weight is 539 g/mol. The second-order valence-electron chi connectivity index (χ2n) is 8.49. The number of aryl methyl sites for hydroxylation is 1. The summed E-state index contributed by atoms with van der Waals surface area (Å²) in [5, 5.41) is 0. The highest BCUT2D eigenvalue weighted by molar-refractivity contribution is 7.07. The fourth-order valence-corrected chi connectivity index (χ4v) is 5.49. The van der Waals surface area contributed by atoms with Crippen LogP contribution in [-0.2, 0) is 9.53 Å². The van der Waals surface area contributed by atoms with Crippen LogP contribution in [0.2, 0.25) is 0 Å². The molecule has 1 aliphatic rings. The third-order valence-corrected chi connectivity index (χ3v) is 7.23. The Bertz CT molecular complexity index is 1580. The van der Waals surface area contributed by atoms with Gasteiger partial charge in [0, 0.05) is 0 Å².